The van der Waals surface area contributed by atoms with E-state index in [0.717, 1.165) is 11.3 Å². The average molecular weight is 623 g/mol. The van der Waals surface area contributed by atoms with Crippen LogP contribution in [-0.4, -0.2) is 69.0 Å². The lowest BCUT2D eigenvalue weighted by Gasteiger charge is -2.36. The summed E-state index contributed by atoms with van der Waals surface area (Å²) in [5.41, 5.74) is 2.84. The lowest BCUT2D eigenvalue weighted by atomic mass is 10.1. The van der Waals surface area contributed by atoms with Crippen molar-refractivity contribution in [1.82, 2.24) is 14.3 Å². The number of aliphatic carboxylic acids is 1. The second-order valence-corrected chi connectivity index (χ2v) is 12.3. The van der Waals surface area contributed by atoms with Gasteiger partial charge in [0.05, 0.1) is 12.7 Å². The fraction of sp³-hybridized carbons (Fsp3) is 0.312. The van der Waals surface area contributed by atoms with Crippen LogP contribution in [0.1, 0.15) is 40.9 Å². The molecule has 12 heteroatoms. The molecule has 0 bridgehead atoms. The number of carboxylic acid groups (broad SMARTS) is 1. The molecule has 1 heterocycles. The molecule has 1 fully saturated rings. The van der Waals surface area contributed by atoms with Crippen molar-refractivity contribution in [2.24, 2.45) is 5.92 Å². The van der Waals surface area contributed by atoms with Crippen LogP contribution in [0.2, 0.25) is 0 Å². The smallest absolute Gasteiger partial charge is 0.322 e. The van der Waals surface area contributed by atoms with Gasteiger partial charge >= 0.3 is 5.97 Å². The van der Waals surface area contributed by atoms with Crippen molar-refractivity contribution in [3.63, 3.8) is 0 Å². The summed E-state index contributed by atoms with van der Waals surface area (Å²) in [5.74, 6) is 3.91. The number of halogens is 1. The van der Waals surface area contributed by atoms with Crippen molar-refractivity contribution in [2.45, 2.75) is 26.4 Å². The molecule has 3 aromatic rings. The minimum absolute atomic E-state index is 0.0975. The number of piperazine rings is 1. The fourth-order valence-corrected chi connectivity index (χ4v) is 6.08. The van der Waals surface area contributed by atoms with E-state index in [1.165, 1.54) is 22.5 Å². The van der Waals surface area contributed by atoms with E-state index in [-0.39, 0.29) is 25.2 Å². The molecule has 44 heavy (non-hydrogen) atoms. The number of ether oxygens (including phenoxy) is 1. The minimum Gasteiger partial charge on any atom is -0.497 e. The molecule has 0 saturated carbocycles. The predicted molar refractivity (Wildman–Crippen MR) is 165 cm³/mol. The third-order valence-electron chi connectivity index (χ3n) is 7.19. The second kappa shape index (κ2) is 14.4. The van der Waals surface area contributed by atoms with E-state index in [4.69, 9.17) is 4.74 Å². The maximum Gasteiger partial charge on any atom is 0.322 e. The highest BCUT2D eigenvalue weighted by molar-refractivity contribution is 7.87. The average Bonchev–Trinajstić information content (AvgIpc) is 3.02. The van der Waals surface area contributed by atoms with Crippen molar-refractivity contribution in [1.29, 1.82) is 0 Å². The Kier molecular flexibility index (Phi) is 10.6. The van der Waals surface area contributed by atoms with Crippen LogP contribution >= 0.6 is 0 Å². The number of rotatable bonds is 10. The van der Waals surface area contributed by atoms with Gasteiger partial charge in [-0.1, -0.05) is 37.8 Å². The maximum atomic E-state index is 14.4. The first-order valence-electron chi connectivity index (χ1n) is 14.0. The van der Waals surface area contributed by atoms with Gasteiger partial charge in [-0.05, 0) is 66.1 Å². The van der Waals surface area contributed by atoms with Crippen molar-refractivity contribution < 1.29 is 32.2 Å². The highest BCUT2D eigenvalue weighted by Gasteiger charge is 2.33. The van der Waals surface area contributed by atoms with Crippen molar-refractivity contribution in [3.05, 3.63) is 94.8 Å². The SMILES string of the molecule is COc1ccc(CNC(=O)c2cc(C#Cc3ccc(N4CCN(S(=O)(=O)NC(C(=O)O)C(C)C)CC4)cc3)ccc2F)cc1. The van der Waals surface area contributed by atoms with Crippen LogP contribution in [-0.2, 0) is 21.5 Å². The van der Waals surface area contributed by atoms with Crippen LogP contribution in [0, 0.1) is 23.6 Å². The molecule has 232 valence electrons. The van der Waals surface area contributed by atoms with E-state index in [1.807, 2.05) is 41.3 Å². The second-order valence-electron chi connectivity index (χ2n) is 10.6. The Morgan fingerprint density at radius 2 is 1.57 bits per heavy atom. The molecule has 3 aromatic carbocycles. The fourth-order valence-electron chi connectivity index (χ4n) is 4.59. The van der Waals surface area contributed by atoms with Crippen molar-refractivity contribution in [2.75, 3.05) is 38.2 Å². The first kappa shape index (κ1) is 32.5. The number of anilines is 1. The third-order valence-corrected chi connectivity index (χ3v) is 8.79. The molecule has 0 aromatic heterocycles. The van der Waals surface area contributed by atoms with Crippen LogP contribution in [0.5, 0.6) is 5.75 Å². The molecular formula is C32H35FN4O6S. The molecule has 0 radical (unpaired) electrons. The Hall–Kier alpha value is -4.44. The summed E-state index contributed by atoms with van der Waals surface area (Å²) in [6.45, 7) is 4.82. The number of methoxy groups -OCH3 is 1. The van der Waals surface area contributed by atoms with Gasteiger partial charge < -0.3 is 20.1 Å². The van der Waals surface area contributed by atoms with Crippen LogP contribution < -0.4 is 19.7 Å². The lowest BCUT2D eigenvalue weighted by Crippen LogP contribution is -2.55. The van der Waals surface area contributed by atoms with Crippen LogP contribution in [0.25, 0.3) is 0 Å². The summed E-state index contributed by atoms with van der Waals surface area (Å²) in [6, 6.07) is 17.6. The Bertz CT molecular complexity index is 1640. The Morgan fingerprint density at radius 1 is 0.955 bits per heavy atom. The molecule has 1 amide bonds. The van der Waals surface area contributed by atoms with E-state index in [9.17, 15) is 27.5 Å². The summed E-state index contributed by atoms with van der Waals surface area (Å²) in [6.07, 6.45) is 0. The van der Waals surface area contributed by atoms with Gasteiger partial charge in [-0.3, -0.25) is 9.59 Å². The van der Waals surface area contributed by atoms with E-state index in [0.29, 0.717) is 30.0 Å². The number of amides is 1. The molecule has 4 rings (SSSR count). The molecule has 1 unspecified atom stereocenters. The largest absolute Gasteiger partial charge is 0.497 e. The van der Waals surface area contributed by atoms with Gasteiger partial charge in [-0.25, -0.2) is 4.39 Å². The molecule has 0 aliphatic carbocycles. The van der Waals surface area contributed by atoms with Crippen LogP contribution in [0.3, 0.4) is 0 Å². The topological polar surface area (TPSA) is 128 Å². The van der Waals surface area contributed by atoms with Crippen LogP contribution in [0.15, 0.2) is 66.7 Å². The monoisotopic (exact) mass is 622 g/mol. The molecular weight excluding hydrogens is 587 g/mol. The number of hydrogen-bond acceptors (Lipinski definition) is 6. The summed E-state index contributed by atoms with van der Waals surface area (Å²) < 4.78 is 48.6. The van der Waals surface area contributed by atoms with Gasteiger partial charge in [0.2, 0.25) is 0 Å². The van der Waals surface area contributed by atoms with Gasteiger partial charge in [-0.15, -0.1) is 0 Å². The molecule has 1 aliphatic heterocycles. The number of carboxylic acids is 1. The number of carbonyl (C=O) groups is 2. The number of benzene rings is 3. The Morgan fingerprint density at radius 3 is 2.16 bits per heavy atom. The number of carbonyl (C=O) groups excluding carboxylic acids is 1. The summed E-state index contributed by atoms with van der Waals surface area (Å²) >= 11 is 0. The van der Waals surface area contributed by atoms with Gasteiger partial charge in [-0.2, -0.15) is 17.4 Å². The zero-order valence-electron chi connectivity index (χ0n) is 24.7. The first-order valence-corrected chi connectivity index (χ1v) is 15.5. The molecule has 1 atom stereocenters. The normalized spacial score (nSPS) is 14.4. The van der Waals surface area contributed by atoms with Crippen LogP contribution in [0.4, 0.5) is 10.1 Å². The Labute approximate surface area is 257 Å². The standard InChI is InChI=1S/C32H35FN4O6S/c1-22(2)30(32(39)40)35-44(41,42)37-18-16-36(17-19-37)26-11-6-23(7-12-26)4-5-24-10-15-29(33)28(20-24)31(38)34-21-25-8-13-27(43-3)14-9-25/h6-15,20,22,30,35H,16-19,21H2,1-3H3,(H,34,38)(H,39,40). The number of hydrogen-bond donors (Lipinski definition) is 3. The number of nitrogens with zero attached hydrogens (tertiary/aromatic N) is 2. The van der Waals surface area contributed by atoms with Crippen molar-refractivity contribution >= 4 is 27.8 Å². The molecule has 1 aliphatic rings. The quantitative estimate of drug-likeness (QED) is 0.296. The minimum atomic E-state index is -3.94. The Balaban J connectivity index is 1.34. The highest BCUT2D eigenvalue weighted by atomic mass is 32.2. The summed E-state index contributed by atoms with van der Waals surface area (Å²) in [5, 5.41) is 12.1. The van der Waals surface area contributed by atoms with E-state index >= 15 is 0 Å². The maximum absolute atomic E-state index is 14.4. The summed E-state index contributed by atoms with van der Waals surface area (Å²) in [4.78, 5) is 26.1. The predicted octanol–water partition coefficient (Wildman–Crippen LogP) is 3.23. The lowest BCUT2D eigenvalue weighted by molar-refractivity contribution is -0.140. The summed E-state index contributed by atoms with van der Waals surface area (Å²) in [7, 11) is -2.37. The molecule has 1 saturated heterocycles. The molecule has 3 N–H and O–H groups in total. The van der Waals surface area contributed by atoms with Gasteiger partial charge in [0, 0.05) is 49.5 Å². The van der Waals surface area contributed by atoms with Gasteiger partial charge in [0.15, 0.2) is 0 Å². The van der Waals surface area contributed by atoms with E-state index < -0.39 is 39.9 Å². The van der Waals surface area contributed by atoms with Gasteiger partial charge in [0.1, 0.15) is 17.6 Å². The molecule has 10 nitrogen and oxygen atoms in total. The van der Waals surface area contributed by atoms with Gasteiger partial charge in [0.25, 0.3) is 16.1 Å². The van der Waals surface area contributed by atoms with E-state index in [1.54, 1.807) is 33.1 Å². The third kappa shape index (κ3) is 8.35. The highest BCUT2D eigenvalue weighted by Crippen LogP contribution is 2.19. The molecule has 0 spiro atoms. The number of nitrogens with one attached hydrogen (secondary N) is 2. The first-order chi connectivity index (χ1) is 21.0. The van der Waals surface area contributed by atoms with Crippen molar-refractivity contribution in [3.8, 4) is 17.6 Å². The van der Waals surface area contributed by atoms with E-state index in [2.05, 4.69) is 21.9 Å². The zero-order chi connectivity index (χ0) is 31.9. The zero-order valence-corrected chi connectivity index (χ0v) is 25.5.